The molecule has 9 heteroatoms. The fraction of sp³-hybridized carbons (Fsp3) is 0.0625. The maximum Gasteiger partial charge on any atom is 0.270 e. The summed E-state index contributed by atoms with van der Waals surface area (Å²) in [5.74, 6) is -0.238. The van der Waals surface area contributed by atoms with Gasteiger partial charge in [0.25, 0.3) is 11.2 Å². The average molecular weight is 340 g/mol. The summed E-state index contributed by atoms with van der Waals surface area (Å²) < 4.78 is 19.9. The van der Waals surface area contributed by atoms with Gasteiger partial charge in [0.15, 0.2) is 5.58 Å². The topological polar surface area (TPSA) is 104 Å². The number of fused-ring (bicyclic) bond motifs is 2. The summed E-state index contributed by atoms with van der Waals surface area (Å²) in [6.07, 6.45) is 1.31. The third-order valence-electron chi connectivity index (χ3n) is 3.72. The molecule has 0 aliphatic rings. The molecule has 0 spiro atoms. The number of rotatable bonds is 3. The van der Waals surface area contributed by atoms with Gasteiger partial charge >= 0.3 is 0 Å². The van der Waals surface area contributed by atoms with Gasteiger partial charge in [-0.15, -0.1) is 0 Å². The number of halogens is 1. The van der Waals surface area contributed by atoms with Crippen LogP contribution in [-0.4, -0.2) is 19.5 Å². The number of hydrogen-bond acceptors (Lipinski definition) is 6. The van der Waals surface area contributed by atoms with Crippen LogP contribution in [0.1, 0.15) is 5.89 Å². The molecule has 0 atom stereocenters. The van der Waals surface area contributed by atoms with Crippen molar-refractivity contribution in [1.29, 1.82) is 0 Å². The molecular weight excluding hydrogens is 331 g/mol. The molecule has 4 rings (SSSR count). The zero-order valence-corrected chi connectivity index (χ0v) is 12.5. The fourth-order valence-corrected chi connectivity index (χ4v) is 2.53. The first-order valence-electron chi connectivity index (χ1n) is 7.20. The first-order valence-corrected chi connectivity index (χ1v) is 7.20. The number of aromatic nitrogens is 3. The number of nitro groups is 1. The Morgan fingerprint density at radius 3 is 2.84 bits per heavy atom. The predicted molar refractivity (Wildman–Crippen MR) is 85.7 cm³/mol. The van der Waals surface area contributed by atoms with Gasteiger partial charge in [0.1, 0.15) is 17.9 Å². The van der Waals surface area contributed by atoms with Crippen LogP contribution < -0.4 is 5.56 Å². The summed E-state index contributed by atoms with van der Waals surface area (Å²) in [6.45, 7) is -0.0270. The smallest absolute Gasteiger partial charge is 0.270 e. The number of nitro benzene ring substituents is 1. The van der Waals surface area contributed by atoms with Crippen LogP contribution in [0.2, 0.25) is 0 Å². The van der Waals surface area contributed by atoms with Crippen LogP contribution in [0.3, 0.4) is 0 Å². The van der Waals surface area contributed by atoms with Gasteiger partial charge in [0.2, 0.25) is 5.89 Å². The molecule has 0 aliphatic heterocycles. The molecule has 8 nitrogen and oxygen atoms in total. The van der Waals surface area contributed by atoms with Crippen LogP contribution in [0.5, 0.6) is 0 Å². The Balaban J connectivity index is 1.78. The Labute approximate surface area is 138 Å². The summed E-state index contributed by atoms with van der Waals surface area (Å²) in [4.78, 5) is 31.1. The highest BCUT2D eigenvalue weighted by molar-refractivity contribution is 5.79. The molecule has 0 amide bonds. The highest BCUT2D eigenvalue weighted by atomic mass is 19.1. The fourth-order valence-electron chi connectivity index (χ4n) is 2.53. The molecule has 2 aromatic heterocycles. The Bertz CT molecular complexity index is 1200. The van der Waals surface area contributed by atoms with Gasteiger partial charge in [-0.25, -0.2) is 14.4 Å². The summed E-state index contributed by atoms with van der Waals surface area (Å²) >= 11 is 0. The molecule has 0 radical (unpaired) electrons. The minimum atomic E-state index is -0.578. The third-order valence-corrected chi connectivity index (χ3v) is 3.72. The lowest BCUT2D eigenvalue weighted by Gasteiger charge is -2.03. The van der Waals surface area contributed by atoms with E-state index in [1.807, 2.05) is 0 Å². The van der Waals surface area contributed by atoms with Gasteiger partial charge in [-0.2, -0.15) is 0 Å². The maximum absolute atomic E-state index is 13.2. The van der Waals surface area contributed by atoms with Crippen LogP contribution in [0.15, 0.2) is 51.9 Å². The van der Waals surface area contributed by atoms with Crippen LogP contribution in [0.4, 0.5) is 10.1 Å². The van der Waals surface area contributed by atoms with Crippen LogP contribution in [0.25, 0.3) is 22.0 Å². The third kappa shape index (κ3) is 2.61. The number of benzene rings is 2. The van der Waals surface area contributed by atoms with E-state index >= 15 is 0 Å². The van der Waals surface area contributed by atoms with Crippen molar-refractivity contribution < 1.29 is 13.7 Å². The zero-order valence-electron chi connectivity index (χ0n) is 12.5. The van der Waals surface area contributed by atoms with Crippen molar-refractivity contribution in [2.24, 2.45) is 0 Å². The minimum absolute atomic E-state index is 0.0270. The second-order valence-electron chi connectivity index (χ2n) is 5.36. The van der Waals surface area contributed by atoms with Gasteiger partial charge in [0.05, 0.1) is 22.2 Å². The largest absolute Gasteiger partial charge is 0.439 e. The Kier molecular flexibility index (Phi) is 3.27. The lowest BCUT2D eigenvalue weighted by Crippen LogP contribution is -2.21. The molecule has 2 heterocycles. The number of oxazole rings is 1. The Morgan fingerprint density at radius 2 is 2.04 bits per heavy atom. The van der Waals surface area contributed by atoms with Gasteiger partial charge < -0.3 is 4.42 Å². The Hall–Kier alpha value is -3.62. The molecule has 0 fully saturated rings. The molecule has 0 N–H and O–H groups in total. The first-order chi connectivity index (χ1) is 12.0. The minimum Gasteiger partial charge on any atom is -0.439 e. The molecule has 4 aromatic rings. The summed E-state index contributed by atoms with van der Waals surface area (Å²) in [7, 11) is 0. The molecule has 0 bridgehead atoms. The molecule has 25 heavy (non-hydrogen) atoms. The SMILES string of the molecule is O=c1c2cc([N+](=O)[O-])ccc2ncn1Cc1nc2cc(F)ccc2o1. The van der Waals surface area contributed by atoms with Crippen molar-refractivity contribution in [1.82, 2.24) is 14.5 Å². The summed E-state index contributed by atoms with van der Waals surface area (Å²) in [6, 6.07) is 7.82. The highest BCUT2D eigenvalue weighted by Gasteiger charge is 2.13. The van der Waals surface area contributed by atoms with E-state index in [-0.39, 0.29) is 23.5 Å². The second kappa shape index (κ2) is 5.48. The highest BCUT2D eigenvalue weighted by Crippen LogP contribution is 2.18. The normalized spacial score (nSPS) is 11.2. The molecular formula is C16H9FN4O4. The standard InChI is InChI=1S/C16H9FN4O4/c17-9-1-4-14-13(5-9)19-15(25-14)7-20-8-18-12-3-2-10(21(23)24)6-11(12)16(20)22/h1-6,8H,7H2. The van der Waals surface area contributed by atoms with E-state index in [9.17, 15) is 19.3 Å². The van der Waals surface area contributed by atoms with E-state index in [0.717, 1.165) is 0 Å². The van der Waals surface area contributed by atoms with Crippen LogP contribution in [0, 0.1) is 15.9 Å². The van der Waals surface area contributed by atoms with Gasteiger partial charge in [-0.1, -0.05) is 0 Å². The average Bonchev–Trinajstić information content (AvgIpc) is 2.98. The number of non-ortho nitro benzene ring substituents is 1. The number of nitrogens with zero attached hydrogens (tertiary/aromatic N) is 4. The molecule has 0 unspecified atom stereocenters. The summed E-state index contributed by atoms with van der Waals surface area (Å²) in [5.41, 5.74) is 0.441. The quantitative estimate of drug-likeness (QED) is 0.419. The molecule has 0 saturated carbocycles. The van der Waals surface area contributed by atoms with Crippen molar-refractivity contribution in [3.63, 3.8) is 0 Å². The van der Waals surface area contributed by atoms with E-state index in [0.29, 0.717) is 16.6 Å². The second-order valence-corrected chi connectivity index (χ2v) is 5.36. The van der Waals surface area contributed by atoms with E-state index in [4.69, 9.17) is 4.42 Å². The lowest BCUT2D eigenvalue weighted by atomic mass is 10.2. The predicted octanol–water partition coefficient (Wildman–Crippen LogP) is 2.63. The van der Waals surface area contributed by atoms with Crippen LogP contribution >= 0.6 is 0 Å². The molecule has 0 aliphatic carbocycles. The van der Waals surface area contributed by atoms with E-state index < -0.39 is 16.3 Å². The number of hydrogen-bond donors (Lipinski definition) is 0. The van der Waals surface area contributed by atoms with E-state index in [2.05, 4.69) is 9.97 Å². The van der Waals surface area contributed by atoms with E-state index in [1.54, 1.807) is 0 Å². The maximum atomic E-state index is 13.2. The lowest BCUT2D eigenvalue weighted by molar-refractivity contribution is -0.384. The van der Waals surface area contributed by atoms with Gasteiger partial charge in [-0.3, -0.25) is 19.5 Å². The molecule has 0 saturated heterocycles. The molecule has 2 aromatic carbocycles. The molecule has 124 valence electrons. The van der Waals surface area contributed by atoms with Crippen molar-refractivity contribution in [3.05, 3.63) is 74.9 Å². The van der Waals surface area contributed by atoms with Crippen molar-refractivity contribution in [2.75, 3.05) is 0 Å². The Morgan fingerprint density at radius 1 is 1.20 bits per heavy atom. The van der Waals surface area contributed by atoms with Gasteiger partial charge in [0, 0.05) is 18.2 Å². The zero-order chi connectivity index (χ0) is 17.6. The van der Waals surface area contributed by atoms with Crippen molar-refractivity contribution in [3.8, 4) is 0 Å². The monoisotopic (exact) mass is 340 g/mol. The van der Waals surface area contributed by atoms with Crippen molar-refractivity contribution in [2.45, 2.75) is 6.54 Å². The first kappa shape index (κ1) is 14.9. The van der Waals surface area contributed by atoms with Gasteiger partial charge in [-0.05, 0) is 18.2 Å². The summed E-state index contributed by atoms with van der Waals surface area (Å²) in [5, 5.41) is 11.0. The van der Waals surface area contributed by atoms with E-state index in [1.165, 1.54) is 47.3 Å². The van der Waals surface area contributed by atoms with Crippen LogP contribution in [-0.2, 0) is 6.54 Å². The van der Waals surface area contributed by atoms with Crippen molar-refractivity contribution >= 4 is 27.7 Å².